The van der Waals surface area contributed by atoms with E-state index in [0.29, 0.717) is 6.61 Å². The SMILES string of the molecule is CCOc1ccc(N(C)c2ncc(Br)cc2C)cc1F. The zero-order chi connectivity index (χ0) is 14.7. The highest BCUT2D eigenvalue weighted by atomic mass is 79.9. The molecule has 1 aromatic carbocycles. The highest BCUT2D eigenvalue weighted by molar-refractivity contribution is 9.10. The number of aromatic nitrogens is 1. The molecule has 5 heteroatoms. The molecule has 0 fully saturated rings. The first-order chi connectivity index (χ1) is 9.52. The molecule has 0 spiro atoms. The average molecular weight is 339 g/mol. The van der Waals surface area contributed by atoms with Crippen molar-refractivity contribution in [1.29, 1.82) is 0 Å². The molecule has 106 valence electrons. The second-order valence-corrected chi connectivity index (χ2v) is 5.32. The van der Waals surface area contributed by atoms with Crippen LogP contribution in [-0.2, 0) is 0 Å². The number of benzene rings is 1. The molecular formula is C15H16BrFN2O. The van der Waals surface area contributed by atoms with E-state index < -0.39 is 0 Å². The number of rotatable bonds is 4. The number of anilines is 2. The van der Waals surface area contributed by atoms with Gasteiger partial charge in [0.1, 0.15) is 5.82 Å². The summed E-state index contributed by atoms with van der Waals surface area (Å²) in [5, 5.41) is 0. The molecule has 0 bridgehead atoms. The summed E-state index contributed by atoms with van der Waals surface area (Å²) >= 11 is 3.38. The predicted octanol–water partition coefficient (Wildman–Crippen LogP) is 4.46. The summed E-state index contributed by atoms with van der Waals surface area (Å²) in [5.41, 5.74) is 1.74. The number of nitrogens with zero attached hydrogens (tertiary/aromatic N) is 2. The molecule has 0 saturated carbocycles. The normalized spacial score (nSPS) is 10.4. The second kappa shape index (κ2) is 6.22. The van der Waals surface area contributed by atoms with Crippen LogP contribution in [0, 0.1) is 12.7 Å². The molecule has 0 atom stereocenters. The standard InChI is InChI=1S/C15H16BrFN2O/c1-4-20-14-6-5-12(8-13(14)17)19(3)15-10(2)7-11(16)9-18-15/h5-9H,4H2,1-3H3. The smallest absolute Gasteiger partial charge is 0.167 e. The summed E-state index contributed by atoms with van der Waals surface area (Å²) in [5.74, 6) is 0.688. The monoisotopic (exact) mass is 338 g/mol. The van der Waals surface area contributed by atoms with Crippen molar-refractivity contribution in [2.24, 2.45) is 0 Å². The fourth-order valence-electron chi connectivity index (χ4n) is 1.98. The van der Waals surface area contributed by atoms with E-state index in [4.69, 9.17) is 4.74 Å². The molecule has 0 saturated heterocycles. The number of ether oxygens (including phenoxy) is 1. The molecule has 0 aliphatic rings. The zero-order valence-electron chi connectivity index (χ0n) is 11.7. The molecule has 3 nitrogen and oxygen atoms in total. The van der Waals surface area contributed by atoms with Gasteiger partial charge in [-0.25, -0.2) is 9.37 Å². The maximum absolute atomic E-state index is 13.9. The Morgan fingerprint density at radius 1 is 1.35 bits per heavy atom. The largest absolute Gasteiger partial charge is 0.491 e. The van der Waals surface area contributed by atoms with Crippen LogP contribution in [0.2, 0.25) is 0 Å². The van der Waals surface area contributed by atoms with Crippen LogP contribution in [0.4, 0.5) is 15.9 Å². The lowest BCUT2D eigenvalue weighted by Crippen LogP contribution is -2.13. The van der Waals surface area contributed by atoms with Gasteiger partial charge >= 0.3 is 0 Å². The minimum atomic E-state index is -0.369. The molecule has 0 aliphatic heterocycles. The van der Waals surface area contributed by atoms with Crippen LogP contribution in [0.3, 0.4) is 0 Å². The molecule has 0 N–H and O–H groups in total. The van der Waals surface area contributed by atoms with Gasteiger partial charge in [0.15, 0.2) is 11.6 Å². The first kappa shape index (κ1) is 14.8. The summed E-state index contributed by atoms with van der Waals surface area (Å²) in [6, 6.07) is 6.88. The second-order valence-electron chi connectivity index (χ2n) is 4.40. The molecule has 1 aromatic heterocycles. The van der Waals surface area contributed by atoms with Crippen LogP contribution in [0.25, 0.3) is 0 Å². The van der Waals surface area contributed by atoms with Crippen LogP contribution in [-0.4, -0.2) is 18.6 Å². The van der Waals surface area contributed by atoms with Crippen molar-refractivity contribution in [3.05, 3.63) is 46.3 Å². The first-order valence-corrected chi connectivity index (χ1v) is 7.10. The lowest BCUT2D eigenvalue weighted by Gasteiger charge is -2.21. The number of pyridine rings is 1. The van der Waals surface area contributed by atoms with Crippen molar-refractivity contribution in [2.75, 3.05) is 18.6 Å². The van der Waals surface area contributed by atoms with Gasteiger partial charge in [-0.15, -0.1) is 0 Å². The first-order valence-electron chi connectivity index (χ1n) is 6.31. The summed E-state index contributed by atoms with van der Waals surface area (Å²) < 4.78 is 20.0. The van der Waals surface area contributed by atoms with Gasteiger partial charge in [-0.2, -0.15) is 0 Å². The Morgan fingerprint density at radius 3 is 2.70 bits per heavy atom. The maximum atomic E-state index is 13.9. The van der Waals surface area contributed by atoms with Gasteiger partial charge in [-0.1, -0.05) is 0 Å². The van der Waals surface area contributed by atoms with Crippen molar-refractivity contribution in [2.45, 2.75) is 13.8 Å². The van der Waals surface area contributed by atoms with E-state index in [-0.39, 0.29) is 11.6 Å². The Kier molecular flexibility index (Phi) is 4.60. The van der Waals surface area contributed by atoms with Crippen LogP contribution in [0.15, 0.2) is 34.9 Å². The number of hydrogen-bond donors (Lipinski definition) is 0. The molecule has 2 rings (SSSR count). The fourth-order valence-corrected chi connectivity index (χ4v) is 2.42. The maximum Gasteiger partial charge on any atom is 0.167 e. The third-order valence-corrected chi connectivity index (χ3v) is 3.37. The summed E-state index contributed by atoms with van der Waals surface area (Å²) in [7, 11) is 1.86. The Morgan fingerprint density at radius 2 is 2.10 bits per heavy atom. The number of halogens is 2. The van der Waals surface area contributed by atoms with Gasteiger partial charge in [0, 0.05) is 29.5 Å². The number of hydrogen-bond acceptors (Lipinski definition) is 3. The van der Waals surface area contributed by atoms with Gasteiger partial charge in [0.2, 0.25) is 0 Å². The topological polar surface area (TPSA) is 25.4 Å². The lowest BCUT2D eigenvalue weighted by molar-refractivity contribution is 0.321. The molecule has 2 aromatic rings. The average Bonchev–Trinajstić information content (AvgIpc) is 2.40. The van der Waals surface area contributed by atoms with Gasteiger partial charge < -0.3 is 9.64 Å². The lowest BCUT2D eigenvalue weighted by atomic mass is 10.2. The van der Waals surface area contributed by atoms with E-state index in [1.165, 1.54) is 6.07 Å². The van der Waals surface area contributed by atoms with Crippen LogP contribution >= 0.6 is 15.9 Å². The summed E-state index contributed by atoms with van der Waals surface area (Å²) in [6.45, 7) is 4.24. The van der Waals surface area contributed by atoms with Crippen molar-refractivity contribution in [1.82, 2.24) is 4.98 Å². The van der Waals surface area contributed by atoms with E-state index in [9.17, 15) is 4.39 Å². The van der Waals surface area contributed by atoms with E-state index in [1.54, 1.807) is 12.3 Å². The molecular weight excluding hydrogens is 323 g/mol. The highest BCUT2D eigenvalue weighted by Gasteiger charge is 2.12. The Bertz CT molecular complexity index is 619. The molecule has 0 aliphatic carbocycles. The van der Waals surface area contributed by atoms with Gasteiger partial charge in [0.25, 0.3) is 0 Å². The Hall–Kier alpha value is -1.62. The van der Waals surface area contributed by atoms with Gasteiger partial charge in [-0.3, -0.25) is 0 Å². The van der Waals surface area contributed by atoms with E-state index in [2.05, 4.69) is 20.9 Å². The van der Waals surface area contributed by atoms with Crippen LogP contribution in [0.1, 0.15) is 12.5 Å². The third-order valence-electron chi connectivity index (χ3n) is 2.94. The highest BCUT2D eigenvalue weighted by Crippen LogP contribution is 2.29. The molecule has 0 radical (unpaired) electrons. The van der Waals surface area contributed by atoms with Crippen LogP contribution < -0.4 is 9.64 Å². The zero-order valence-corrected chi connectivity index (χ0v) is 13.2. The van der Waals surface area contributed by atoms with Crippen molar-refractivity contribution < 1.29 is 9.13 Å². The fraction of sp³-hybridized carbons (Fsp3) is 0.267. The van der Waals surface area contributed by atoms with E-state index in [0.717, 1.165) is 21.5 Å². The van der Waals surface area contributed by atoms with Crippen molar-refractivity contribution in [3.63, 3.8) is 0 Å². The van der Waals surface area contributed by atoms with E-state index in [1.807, 2.05) is 37.9 Å². The third kappa shape index (κ3) is 3.10. The Balaban J connectivity index is 2.33. The summed E-state index contributed by atoms with van der Waals surface area (Å²) in [6.07, 6.45) is 1.73. The van der Waals surface area contributed by atoms with Gasteiger partial charge in [-0.05, 0) is 53.5 Å². The molecule has 1 heterocycles. The quantitative estimate of drug-likeness (QED) is 0.822. The summed E-state index contributed by atoms with van der Waals surface area (Å²) in [4.78, 5) is 6.22. The minimum absolute atomic E-state index is 0.269. The molecule has 0 unspecified atom stereocenters. The van der Waals surface area contributed by atoms with E-state index >= 15 is 0 Å². The Labute approximate surface area is 126 Å². The number of aryl methyl sites for hydroxylation is 1. The molecule has 20 heavy (non-hydrogen) atoms. The minimum Gasteiger partial charge on any atom is -0.491 e. The molecule has 0 amide bonds. The van der Waals surface area contributed by atoms with Crippen molar-refractivity contribution >= 4 is 27.4 Å². The van der Waals surface area contributed by atoms with Crippen molar-refractivity contribution in [3.8, 4) is 5.75 Å². The predicted molar refractivity (Wildman–Crippen MR) is 82.3 cm³/mol. The van der Waals surface area contributed by atoms with Gasteiger partial charge in [0.05, 0.1) is 6.61 Å². The van der Waals surface area contributed by atoms with Crippen LogP contribution in [0.5, 0.6) is 5.75 Å².